The number of nitrogens with one attached hydrogen (secondary N) is 1. The predicted octanol–water partition coefficient (Wildman–Crippen LogP) is 1.30. The van der Waals surface area contributed by atoms with Gasteiger partial charge in [0.1, 0.15) is 0 Å². The van der Waals surface area contributed by atoms with E-state index in [9.17, 15) is 18.0 Å². The van der Waals surface area contributed by atoms with E-state index in [-0.39, 0.29) is 11.3 Å². The number of morpholine rings is 1. The summed E-state index contributed by atoms with van der Waals surface area (Å²) in [4.78, 5) is 23.6. The Morgan fingerprint density at radius 2 is 1.96 bits per heavy atom. The van der Waals surface area contributed by atoms with Crippen LogP contribution in [0.3, 0.4) is 0 Å². The molecule has 1 heterocycles. The molecule has 1 aliphatic rings. The number of carbonyl (C=O) groups is 2. The van der Waals surface area contributed by atoms with Crippen LogP contribution in [0.15, 0.2) is 23.1 Å². The third kappa shape index (κ3) is 4.80. The lowest BCUT2D eigenvalue weighted by molar-refractivity contribution is -0.152. The van der Waals surface area contributed by atoms with Gasteiger partial charge >= 0.3 is 5.97 Å². The highest BCUT2D eigenvalue weighted by atomic mass is 32.2. The van der Waals surface area contributed by atoms with Crippen molar-refractivity contribution in [3.63, 3.8) is 0 Å². The summed E-state index contributed by atoms with van der Waals surface area (Å²) < 4.78 is 37.2. The summed E-state index contributed by atoms with van der Waals surface area (Å²) in [6, 6.07) is 4.66. The summed E-state index contributed by atoms with van der Waals surface area (Å²) in [5.74, 6) is -1.00. The first-order valence-electron chi connectivity index (χ1n) is 8.44. The zero-order chi connectivity index (χ0) is 19.3. The minimum Gasteiger partial charge on any atom is -0.453 e. The maximum absolute atomic E-state index is 12.9. The van der Waals surface area contributed by atoms with Crippen LogP contribution in [0.5, 0.6) is 0 Å². The molecule has 0 unspecified atom stereocenters. The van der Waals surface area contributed by atoms with Crippen molar-refractivity contribution in [1.82, 2.24) is 4.31 Å². The van der Waals surface area contributed by atoms with Crippen LogP contribution in [-0.4, -0.2) is 57.0 Å². The number of anilines is 1. The first-order chi connectivity index (χ1) is 12.3. The Balaban J connectivity index is 2.18. The van der Waals surface area contributed by atoms with Gasteiger partial charge < -0.3 is 14.8 Å². The van der Waals surface area contributed by atoms with Crippen LogP contribution in [0.1, 0.15) is 25.8 Å². The van der Waals surface area contributed by atoms with Crippen LogP contribution in [0, 0.1) is 6.92 Å². The molecule has 0 bridgehead atoms. The Bertz CT molecular complexity index is 771. The predicted molar refractivity (Wildman–Crippen MR) is 95.2 cm³/mol. The summed E-state index contributed by atoms with van der Waals surface area (Å²) in [5, 5.41) is 2.59. The number of sulfonamides is 1. The van der Waals surface area contributed by atoms with Gasteiger partial charge in [0.05, 0.1) is 18.1 Å². The number of carbonyl (C=O) groups excluding carboxylic acids is 2. The molecule has 1 amide bonds. The summed E-state index contributed by atoms with van der Waals surface area (Å²) >= 11 is 0. The van der Waals surface area contributed by atoms with Gasteiger partial charge in [-0.25, -0.2) is 8.42 Å². The fraction of sp³-hybridized carbons (Fsp3) is 0.529. The zero-order valence-corrected chi connectivity index (χ0v) is 16.0. The number of esters is 1. The molecule has 0 aromatic heterocycles. The van der Waals surface area contributed by atoms with Crippen molar-refractivity contribution in [1.29, 1.82) is 0 Å². The van der Waals surface area contributed by atoms with Gasteiger partial charge in [-0.15, -0.1) is 0 Å². The third-order valence-electron chi connectivity index (χ3n) is 4.01. The molecule has 1 fully saturated rings. The number of rotatable bonds is 6. The second-order valence-electron chi connectivity index (χ2n) is 5.97. The molecule has 9 heteroatoms. The fourth-order valence-electron chi connectivity index (χ4n) is 2.46. The lowest BCUT2D eigenvalue weighted by Gasteiger charge is -2.27. The first kappa shape index (κ1) is 20.3. The van der Waals surface area contributed by atoms with Crippen LogP contribution in [-0.2, 0) is 29.1 Å². The summed E-state index contributed by atoms with van der Waals surface area (Å²) in [6.45, 7) is 6.09. The standard InChI is InChI=1S/C17H24N2O6S/c1-4-16(20)25-13(3)17(21)18-14-6-5-12(2)15(11-14)26(22,23)19-7-9-24-10-8-19/h5-6,11,13H,4,7-10H2,1-3H3,(H,18,21)/t13-/m0/s1. The number of nitrogens with zero attached hydrogens (tertiary/aromatic N) is 1. The lowest BCUT2D eigenvalue weighted by atomic mass is 10.2. The van der Waals surface area contributed by atoms with Crippen molar-refractivity contribution in [2.75, 3.05) is 31.6 Å². The highest BCUT2D eigenvalue weighted by Gasteiger charge is 2.28. The summed E-state index contributed by atoms with van der Waals surface area (Å²) in [6.07, 6.45) is -0.799. The van der Waals surface area contributed by atoms with Crippen LogP contribution in [0.4, 0.5) is 5.69 Å². The molecule has 0 spiro atoms. The summed E-state index contributed by atoms with van der Waals surface area (Å²) in [5.41, 5.74) is 0.909. The van der Waals surface area contributed by atoms with E-state index in [4.69, 9.17) is 9.47 Å². The van der Waals surface area contributed by atoms with Gasteiger partial charge in [0.2, 0.25) is 10.0 Å². The Morgan fingerprint density at radius 1 is 1.31 bits per heavy atom. The maximum Gasteiger partial charge on any atom is 0.306 e. The third-order valence-corrected chi connectivity index (χ3v) is 6.05. The van der Waals surface area contributed by atoms with E-state index in [1.54, 1.807) is 26.0 Å². The SMILES string of the molecule is CCC(=O)O[C@@H](C)C(=O)Nc1ccc(C)c(S(=O)(=O)N2CCOCC2)c1. The minimum absolute atomic E-state index is 0.135. The van der Waals surface area contributed by atoms with Crippen molar-refractivity contribution >= 4 is 27.6 Å². The Hall–Kier alpha value is -1.97. The second-order valence-corrected chi connectivity index (χ2v) is 7.88. The second kappa shape index (κ2) is 8.61. The molecule has 1 aromatic carbocycles. The topological polar surface area (TPSA) is 102 Å². The van der Waals surface area contributed by atoms with Gasteiger partial charge in [-0.2, -0.15) is 4.31 Å². The number of aryl methyl sites for hydroxylation is 1. The lowest BCUT2D eigenvalue weighted by Crippen LogP contribution is -2.40. The zero-order valence-electron chi connectivity index (χ0n) is 15.1. The first-order valence-corrected chi connectivity index (χ1v) is 9.88. The molecule has 0 aliphatic carbocycles. The molecule has 8 nitrogen and oxygen atoms in total. The molecule has 26 heavy (non-hydrogen) atoms. The van der Waals surface area contributed by atoms with E-state index in [0.717, 1.165) is 0 Å². The highest BCUT2D eigenvalue weighted by molar-refractivity contribution is 7.89. The molecule has 0 radical (unpaired) electrons. The monoisotopic (exact) mass is 384 g/mol. The maximum atomic E-state index is 12.9. The van der Waals surface area contributed by atoms with E-state index < -0.39 is 28.0 Å². The van der Waals surface area contributed by atoms with E-state index in [2.05, 4.69) is 5.32 Å². The van der Waals surface area contributed by atoms with E-state index in [1.807, 2.05) is 0 Å². The molecule has 144 valence electrons. The molecular formula is C17H24N2O6S. The average molecular weight is 384 g/mol. The molecule has 2 rings (SSSR count). The van der Waals surface area contributed by atoms with E-state index >= 15 is 0 Å². The quantitative estimate of drug-likeness (QED) is 0.742. The van der Waals surface area contributed by atoms with Crippen molar-refractivity contribution in [2.24, 2.45) is 0 Å². The van der Waals surface area contributed by atoms with Crippen LogP contribution < -0.4 is 5.32 Å². The van der Waals surface area contributed by atoms with Gasteiger partial charge in [-0.3, -0.25) is 9.59 Å². The average Bonchev–Trinajstić information content (AvgIpc) is 2.63. The number of hydrogen-bond donors (Lipinski definition) is 1. The van der Waals surface area contributed by atoms with Gasteiger partial charge in [0.15, 0.2) is 6.10 Å². The van der Waals surface area contributed by atoms with Crippen molar-refractivity contribution in [2.45, 2.75) is 38.2 Å². The smallest absolute Gasteiger partial charge is 0.306 e. The van der Waals surface area contributed by atoms with Crippen LogP contribution in [0.2, 0.25) is 0 Å². The summed E-state index contributed by atoms with van der Waals surface area (Å²) in [7, 11) is -3.68. The van der Waals surface area contributed by atoms with Gasteiger partial charge in [0, 0.05) is 25.2 Å². The Labute approximate surface area is 153 Å². The van der Waals surface area contributed by atoms with Gasteiger partial charge in [-0.05, 0) is 31.5 Å². The molecule has 1 N–H and O–H groups in total. The molecular weight excluding hydrogens is 360 g/mol. The molecule has 0 saturated carbocycles. The van der Waals surface area contributed by atoms with E-state index in [1.165, 1.54) is 17.3 Å². The number of ether oxygens (including phenoxy) is 2. The number of benzene rings is 1. The van der Waals surface area contributed by atoms with E-state index in [0.29, 0.717) is 37.6 Å². The minimum atomic E-state index is -3.68. The van der Waals surface area contributed by atoms with Crippen LogP contribution >= 0.6 is 0 Å². The molecule has 1 aromatic rings. The number of amides is 1. The van der Waals surface area contributed by atoms with Gasteiger partial charge in [0.25, 0.3) is 5.91 Å². The number of hydrogen-bond acceptors (Lipinski definition) is 6. The van der Waals surface area contributed by atoms with Crippen LogP contribution in [0.25, 0.3) is 0 Å². The largest absolute Gasteiger partial charge is 0.453 e. The normalized spacial score (nSPS) is 16.7. The Morgan fingerprint density at radius 3 is 2.58 bits per heavy atom. The van der Waals surface area contributed by atoms with Gasteiger partial charge in [-0.1, -0.05) is 13.0 Å². The highest BCUT2D eigenvalue weighted by Crippen LogP contribution is 2.24. The van der Waals surface area contributed by atoms with Crippen molar-refractivity contribution in [3.8, 4) is 0 Å². The van der Waals surface area contributed by atoms with Crippen molar-refractivity contribution in [3.05, 3.63) is 23.8 Å². The molecule has 1 saturated heterocycles. The molecule has 1 atom stereocenters. The Kier molecular flexibility index (Phi) is 6.74. The molecule has 1 aliphatic heterocycles. The fourth-order valence-corrected chi connectivity index (χ4v) is 4.12. The van der Waals surface area contributed by atoms with Crippen molar-refractivity contribution < 1.29 is 27.5 Å².